The molecule has 0 saturated heterocycles. The Labute approximate surface area is 102 Å². The predicted molar refractivity (Wildman–Crippen MR) is 64.0 cm³/mol. The smallest absolute Gasteiger partial charge is 0.310 e. The molecule has 0 aliphatic rings. The van der Waals surface area contributed by atoms with Gasteiger partial charge in [-0.2, -0.15) is 5.26 Å². The lowest BCUT2D eigenvalue weighted by Crippen LogP contribution is -2.43. The van der Waals surface area contributed by atoms with Crippen LogP contribution in [0.2, 0.25) is 0 Å². The molecule has 0 aromatic rings. The van der Waals surface area contributed by atoms with Crippen molar-refractivity contribution in [3.05, 3.63) is 0 Å². The second-order valence-electron chi connectivity index (χ2n) is 3.53. The van der Waals surface area contributed by atoms with Crippen LogP contribution in [0.1, 0.15) is 20.3 Å². The topological polar surface area (TPSA) is 85.2 Å². The molecule has 0 radical (unpaired) electrons. The molecule has 0 atom stereocenters. The first kappa shape index (κ1) is 15.4. The number of likely N-dealkylation sites (N-methyl/N-ethyl adjacent to an activating group) is 1. The summed E-state index contributed by atoms with van der Waals surface area (Å²) in [5, 5.41) is 12.9. The van der Waals surface area contributed by atoms with Gasteiger partial charge in [0.25, 0.3) is 0 Å². The quantitative estimate of drug-likeness (QED) is 0.463. The number of amides is 2. The number of nitrogens with one attached hydrogen (secondary N) is 2. The van der Waals surface area contributed by atoms with Crippen LogP contribution < -0.4 is 10.6 Å². The minimum Gasteiger partial charge on any atom is -0.347 e. The standard InChI is InChI=1S/C11H20N4O2/c1-3-8-15(4-2)9-7-14-11(17)10(16)13-6-5-12/h3-4,6-9H2,1-2H3,(H,13,16)(H,14,17). The highest BCUT2D eigenvalue weighted by Gasteiger charge is 2.11. The number of nitrogens with zero attached hydrogens (tertiary/aromatic N) is 2. The Morgan fingerprint density at radius 1 is 1.18 bits per heavy atom. The van der Waals surface area contributed by atoms with Crippen molar-refractivity contribution in [1.82, 2.24) is 15.5 Å². The molecule has 0 fully saturated rings. The van der Waals surface area contributed by atoms with E-state index in [0.29, 0.717) is 6.54 Å². The molecule has 0 heterocycles. The molecular formula is C11H20N4O2. The van der Waals surface area contributed by atoms with Gasteiger partial charge in [0.15, 0.2) is 0 Å². The van der Waals surface area contributed by atoms with Gasteiger partial charge < -0.3 is 15.5 Å². The molecule has 6 heteroatoms. The molecule has 0 aliphatic heterocycles. The van der Waals surface area contributed by atoms with Crippen LogP contribution in [0.5, 0.6) is 0 Å². The van der Waals surface area contributed by atoms with Gasteiger partial charge in [0, 0.05) is 13.1 Å². The van der Waals surface area contributed by atoms with Crippen molar-refractivity contribution in [2.75, 3.05) is 32.7 Å². The second kappa shape index (κ2) is 9.60. The number of carbonyl (C=O) groups excluding carboxylic acids is 2. The van der Waals surface area contributed by atoms with Crippen LogP contribution in [-0.2, 0) is 9.59 Å². The largest absolute Gasteiger partial charge is 0.347 e. The molecule has 0 aromatic carbocycles. The Hall–Kier alpha value is -1.61. The van der Waals surface area contributed by atoms with Gasteiger partial charge in [0.1, 0.15) is 6.54 Å². The van der Waals surface area contributed by atoms with Crippen LogP contribution in [-0.4, -0.2) is 49.4 Å². The molecule has 0 unspecified atom stereocenters. The summed E-state index contributed by atoms with van der Waals surface area (Å²) in [5.74, 6) is -1.45. The maximum Gasteiger partial charge on any atom is 0.310 e. The highest BCUT2D eigenvalue weighted by Crippen LogP contribution is 1.88. The minimum absolute atomic E-state index is 0.150. The number of nitriles is 1. The third-order valence-electron chi connectivity index (χ3n) is 2.23. The van der Waals surface area contributed by atoms with Crippen LogP contribution in [0.15, 0.2) is 0 Å². The summed E-state index contributed by atoms with van der Waals surface area (Å²) >= 11 is 0. The molecule has 6 nitrogen and oxygen atoms in total. The molecule has 0 bridgehead atoms. The van der Waals surface area contributed by atoms with E-state index in [9.17, 15) is 9.59 Å². The van der Waals surface area contributed by atoms with Gasteiger partial charge in [0.2, 0.25) is 0 Å². The molecule has 96 valence electrons. The maximum atomic E-state index is 11.2. The summed E-state index contributed by atoms with van der Waals surface area (Å²) in [6.07, 6.45) is 1.06. The monoisotopic (exact) mass is 240 g/mol. The Bertz CT molecular complexity index is 286. The minimum atomic E-state index is -0.759. The Balaban J connectivity index is 3.76. The normalized spacial score (nSPS) is 9.76. The van der Waals surface area contributed by atoms with E-state index in [1.165, 1.54) is 0 Å². The fourth-order valence-corrected chi connectivity index (χ4v) is 1.35. The van der Waals surface area contributed by atoms with Crippen molar-refractivity contribution < 1.29 is 9.59 Å². The number of rotatable bonds is 7. The van der Waals surface area contributed by atoms with E-state index in [1.807, 2.05) is 0 Å². The zero-order chi connectivity index (χ0) is 13.1. The SMILES string of the molecule is CCCN(CC)CCNC(=O)C(=O)NCC#N. The zero-order valence-electron chi connectivity index (χ0n) is 10.5. The third kappa shape index (κ3) is 7.30. The van der Waals surface area contributed by atoms with Crippen molar-refractivity contribution >= 4 is 11.8 Å². The molecule has 2 N–H and O–H groups in total. The fourth-order valence-electron chi connectivity index (χ4n) is 1.35. The Morgan fingerprint density at radius 3 is 2.35 bits per heavy atom. The van der Waals surface area contributed by atoms with E-state index in [1.54, 1.807) is 6.07 Å². The third-order valence-corrected chi connectivity index (χ3v) is 2.23. The highest BCUT2D eigenvalue weighted by atomic mass is 16.2. The van der Waals surface area contributed by atoms with Gasteiger partial charge in [-0.25, -0.2) is 0 Å². The molecular weight excluding hydrogens is 220 g/mol. The number of carbonyl (C=O) groups is 2. The second-order valence-corrected chi connectivity index (χ2v) is 3.53. The lowest BCUT2D eigenvalue weighted by molar-refractivity contribution is -0.139. The first-order chi connectivity index (χ1) is 8.15. The van der Waals surface area contributed by atoms with Crippen molar-refractivity contribution in [2.45, 2.75) is 20.3 Å². The summed E-state index contributed by atoms with van der Waals surface area (Å²) < 4.78 is 0. The predicted octanol–water partition coefficient (Wildman–Crippen LogP) is -0.526. The number of hydrogen-bond donors (Lipinski definition) is 2. The van der Waals surface area contributed by atoms with Crippen LogP contribution in [0.25, 0.3) is 0 Å². The van der Waals surface area contributed by atoms with Crippen molar-refractivity contribution in [3.8, 4) is 6.07 Å². The summed E-state index contributed by atoms with van der Waals surface area (Å²) in [6, 6.07) is 1.73. The van der Waals surface area contributed by atoms with Crippen LogP contribution in [0, 0.1) is 11.3 Å². The van der Waals surface area contributed by atoms with Crippen LogP contribution >= 0.6 is 0 Å². The lowest BCUT2D eigenvalue weighted by atomic mass is 10.4. The van der Waals surface area contributed by atoms with Gasteiger partial charge in [-0.1, -0.05) is 13.8 Å². The van der Waals surface area contributed by atoms with Crippen molar-refractivity contribution in [3.63, 3.8) is 0 Å². The molecule has 0 aromatic heterocycles. The molecule has 0 aliphatic carbocycles. The van der Waals surface area contributed by atoms with Crippen molar-refractivity contribution in [2.24, 2.45) is 0 Å². The molecule has 0 spiro atoms. The molecule has 17 heavy (non-hydrogen) atoms. The summed E-state index contributed by atoms with van der Waals surface area (Å²) in [5.41, 5.74) is 0. The fraction of sp³-hybridized carbons (Fsp3) is 0.727. The van der Waals surface area contributed by atoms with Gasteiger partial charge in [0.05, 0.1) is 6.07 Å². The van der Waals surface area contributed by atoms with E-state index in [0.717, 1.165) is 26.1 Å². The Morgan fingerprint density at radius 2 is 1.82 bits per heavy atom. The summed E-state index contributed by atoms with van der Waals surface area (Å²) in [7, 11) is 0. The van der Waals surface area contributed by atoms with Gasteiger partial charge in [-0.15, -0.1) is 0 Å². The summed E-state index contributed by atoms with van der Waals surface area (Å²) in [6.45, 7) is 7.06. The first-order valence-corrected chi connectivity index (χ1v) is 5.81. The first-order valence-electron chi connectivity index (χ1n) is 5.81. The Kier molecular flexibility index (Phi) is 8.69. The lowest BCUT2D eigenvalue weighted by Gasteiger charge is -2.19. The van der Waals surface area contributed by atoms with E-state index < -0.39 is 11.8 Å². The molecule has 2 amide bonds. The van der Waals surface area contributed by atoms with E-state index in [2.05, 4.69) is 29.4 Å². The molecule has 0 rings (SSSR count). The highest BCUT2D eigenvalue weighted by molar-refractivity contribution is 6.35. The summed E-state index contributed by atoms with van der Waals surface area (Å²) in [4.78, 5) is 24.5. The number of hydrogen-bond acceptors (Lipinski definition) is 4. The van der Waals surface area contributed by atoms with Crippen molar-refractivity contribution in [1.29, 1.82) is 5.26 Å². The maximum absolute atomic E-state index is 11.2. The zero-order valence-corrected chi connectivity index (χ0v) is 10.5. The van der Waals surface area contributed by atoms with Gasteiger partial charge in [-0.3, -0.25) is 9.59 Å². The molecule has 0 saturated carbocycles. The van der Waals surface area contributed by atoms with E-state index >= 15 is 0 Å². The van der Waals surface area contributed by atoms with E-state index in [-0.39, 0.29) is 6.54 Å². The van der Waals surface area contributed by atoms with Crippen LogP contribution in [0.4, 0.5) is 0 Å². The average molecular weight is 240 g/mol. The van der Waals surface area contributed by atoms with Gasteiger partial charge in [-0.05, 0) is 19.5 Å². The average Bonchev–Trinajstić information content (AvgIpc) is 2.34. The van der Waals surface area contributed by atoms with E-state index in [4.69, 9.17) is 5.26 Å². The van der Waals surface area contributed by atoms with Gasteiger partial charge >= 0.3 is 11.8 Å². The van der Waals surface area contributed by atoms with Crippen LogP contribution in [0.3, 0.4) is 0 Å².